The average molecular weight is 531 g/mol. The van der Waals surface area contributed by atoms with Crippen molar-refractivity contribution in [3.63, 3.8) is 0 Å². The number of rotatable bonds is 5. The molecule has 0 spiro atoms. The third-order valence-corrected chi connectivity index (χ3v) is 8.43. The van der Waals surface area contributed by atoms with Crippen molar-refractivity contribution in [2.75, 3.05) is 20.2 Å². The Morgan fingerprint density at radius 2 is 1.78 bits per heavy atom. The normalized spacial score (nSPS) is 15.6. The molecular weight excluding hydrogens is 500 g/mol. The quantitative estimate of drug-likeness (QED) is 0.452. The van der Waals surface area contributed by atoms with Crippen molar-refractivity contribution < 1.29 is 18.5 Å². The van der Waals surface area contributed by atoms with Crippen molar-refractivity contribution in [3.05, 3.63) is 69.6 Å². The van der Waals surface area contributed by atoms with E-state index in [0.717, 1.165) is 11.3 Å². The second-order valence-corrected chi connectivity index (χ2v) is 12.0. The Morgan fingerprint density at radius 1 is 1.11 bits per heavy atom. The largest absolute Gasteiger partial charge is 0.497 e. The summed E-state index contributed by atoms with van der Waals surface area (Å²) in [5, 5.41) is 1.37. The van der Waals surface area contributed by atoms with Gasteiger partial charge in [0.25, 0.3) is 5.56 Å². The van der Waals surface area contributed by atoms with Crippen LogP contribution in [0.15, 0.2) is 58.4 Å². The maximum atomic E-state index is 13.4. The highest BCUT2D eigenvalue weighted by Gasteiger charge is 2.30. The molecule has 3 aromatic rings. The van der Waals surface area contributed by atoms with Crippen LogP contribution in [0.1, 0.15) is 39.2 Å². The van der Waals surface area contributed by atoms with E-state index in [2.05, 4.69) is 0 Å². The highest BCUT2D eigenvalue weighted by atomic mass is 35.5. The zero-order valence-electron chi connectivity index (χ0n) is 21.0. The number of pyridine rings is 1. The number of aromatic nitrogens is 1. The van der Waals surface area contributed by atoms with Gasteiger partial charge < -0.3 is 18.9 Å². The number of methoxy groups -OCH3 is 1. The molecule has 192 valence electrons. The molecule has 0 radical (unpaired) electrons. The number of carbonyl (C=O) groups is 1. The number of fused-ring (bicyclic) bond motifs is 1. The van der Waals surface area contributed by atoms with Crippen molar-refractivity contribution in [2.24, 2.45) is 0 Å². The molecular formula is C27H31ClN2O5S. The van der Waals surface area contributed by atoms with Gasteiger partial charge in [0, 0.05) is 29.9 Å². The van der Waals surface area contributed by atoms with Crippen LogP contribution in [0.5, 0.6) is 5.75 Å². The monoisotopic (exact) mass is 530 g/mol. The van der Waals surface area contributed by atoms with Crippen molar-refractivity contribution in [1.82, 2.24) is 9.47 Å². The molecule has 2 aromatic carbocycles. The first kappa shape index (κ1) is 26.2. The standard InChI is InChI=1S/C27H31ClN2O5S/c1-27(2,3)35-26(32)29-13-10-21(11-14-29)36(33)24-15-19-9-12-30(25(31)22(19)16-23(24)28)17-18-5-7-20(34-4)8-6-18/h5-9,12,15-16,21H,10-11,13-14,17H2,1-4H3. The summed E-state index contributed by atoms with van der Waals surface area (Å²) in [7, 11) is 0.249. The molecule has 0 bridgehead atoms. The summed E-state index contributed by atoms with van der Waals surface area (Å²) >= 11 is 6.55. The second kappa shape index (κ2) is 10.6. The number of carbonyl (C=O) groups excluding carboxylic acids is 1. The lowest BCUT2D eigenvalue weighted by atomic mass is 10.1. The van der Waals surface area contributed by atoms with Crippen molar-refractivity contribution >= 4 is 39.3 Å². The van der Waals surface area contributed by atoms with Crippen LogP contribution in [0.25, 0.3) is 10.8 Å². The van der Waals surface area contributed by atoms with Gasteiger partial charge in [0.15, 0.2) is 0 Å². The lowest BCUT2D eigenvalue weighted by molar-refractivity contribution is 0.0218. The molecule has 0 aliphatic carbocycles. The zero-order valence-corrected chi connectivity index (χ0v) is 22.5. The predicted octanol–water partition coefficient (Wildman–Crippen LogP) is 5.22. The smallest absolute Gasteiger partial charge is 0.410 e. The Kier molecular flexibility index (Phi) is 7.76. The summed E-state index contributed by atoms with van der Waals surface area (Å²) < 4.78 is 25.7. The minimum atomic E-state index is -1.36. The summed E-state index contributed by atoms with van der Waals surface area (Å²) in [5.74, 6) is 0.757. The van der Waals surface area contributed by atoms with Crippen LogP contribution in [0.2, 0.25) is 5.02 Å². The van der Waals surface area contributed by atoms with E-state index in [9.17, 15) is 13.8 Å². The number of halogens is 1. The lowest BCUT2D eigenvalue weighted by Crippen LogP contribution is -2.43. The average Bonchev–Trinajstić information content (AvgIpc) is 2.85. The van der Waals surface area contributed by atoms with Gasteiger partial charge in [0.2, 0.25) is 0 Å². The number of hydrogen-bond donors (Lipinski definition) is 0. The Bertz CT molecular complexity index is 1340. The van der Waals surface area contributed by atoms with Gasteiger partial charge in [-0.05, 0) is 74.9 Å². The molecule has 7 nitrogen and oxygen atoms in total. The topological polar surface area (TPSA) is 77.8 Å². The molecule has 1 fully saturated rings. The lowest BCUT2D eigenvalue weighted by Gasteiger charge is -2.33. The fourth-order valence-electron chi connectivity index (χ4n) is 4.25. The maximum absolute atomic E-state index is 13.4. The van der Waals surface area contributed by atoms with E-state index >= 15 is 0 Å². The number of nitrogens with zero attached hydrogens (tertiary/aromatic N) is 2. The van der Waals surface area contributed by atoms with Gasteiger partial charge in [-0.25, -0.2) is 4.79 Å². The number of ether oxygens (including phenoxy) is 2. The maximum Gasteiger partial charge on any atom is 0.410 e. The van der Waals surface area contributed by atoms with Crippen molar-refractivity contribution in [2.45, 2.75) is 55.9 Å². The SMILES string of the molecule is COc1ccc(Cn2ccc3cc(S(=O)C4CCN(C(=O)OC(C)(C)C)CC4)c(Cl)cc3c2=O)cc1. The first-order chi connectivity index (χ1) is 17.1. The van der Waals surface area contributed by atoms with Crippen LogP contribution in [0, 0.1) is 0 Å². The van der Waals surface area contributed by atoms with Gasteiger partial charge in [0.1, 0.15) is 11.4 Å². The van der Waals surface area contributed by atoms with E-state index in [1.165, 1.54) is 0 Å². The third-order valence-electron chi connectivity index (χ3n) is 6.15. The molecule has 1 aliphatic rings. The van der Waals surface area contributed by atoms with Crippen LogP contribution >= 0.6 is 11.6 Å². The van der Waals surface area contributed by atoms with E-state index in [0.29, 0.717) is 53.2 Å². The van der Waals surface area contributed by atoms with Crippen LogP contribution in [-0.4, -0.2) is 50.8 Å². The van der Waals surface area contributed by atoms with Gasteiger partial charge in [-0.2, -0.15) is 0 Å². The molecule has 0 N–H and O–H groups in total. The first-order valence-corrected chi connectivity index (χ1v) is 13.5. The second-order valence-electron chi connectivity index (χ2n) is 9.93. The van der Waals surface area contributed by atoms with Crippen molar-refractivity contribution in [1.29, 1.82) is 0 Å². The highest BCUT2D eigenvalue weighted by Crippen LogP contribution is 2.30. The van der Waals surface area contributed by atoms with Gasteiger partial charge >= 0.3 is 6.09 Å². The van der Waals surface area contributed by atoms with Gasteiger partial charge in [-0.15, -0.1) is 0 Å². The van der Waals surface area contributed by atoms with E-state index in [-0.39, 0.29) is 16.9 Å². The Labute approximate surface area is 218 Å². The minimum absolute atomic E-state index is 0.130. The number of hydrogen-bond acceptors (Lipinski definition) is 5. The molecule has 1 aromatic heterocycles. The van der Waals surface area contributed by atoms with Gasteiger partial charge in [-0.1, -0.05) is 23.7 Å². The summed E-state index contributed by atoms with van der Waals surface area (Å²) in [5.41, 5.74) is 0.259. The van der Waals surface area contributed by atoms with E-state index in [4.69, 9.17) is 21.1 Å². The Morgan fingerprint density at radius 3 is 2.39 bits per heavy atom. The molecule has 4 rings (SSSR count). The van der Waals surface area contributed by atoms with Crippen molar-refractivity contribution in [3.8, 4) is 5.75 Å². The summed E-state index contributed by atoms with van der Waals surface area (Å²) in [6.45, 7) is 6.88. The fraction of sp³-hybridized carbons (Fsp3) is 0.407. The Balaban J connectivity index is 1.50. The molecule has 1 saturated heterocycles. The zero-order chi connectivity index (χ0) is 26.0. The Hall–Kier alpha value is -2.84. The van der Waals surface area contributed by atoms with Gasteiger partial charge in [-0.3, -0.25) is 9.00 Å². The predicted molar refractivity (Wildman–Crippen MR) is 143 cm³/mol. The van der Waals surface area contributed by atoms with E-state index in [1.54, 1.807) is 34.9 Å². The number of piperidine rings is 1. The first-order valence-electron chi connectivity index (χ1n) is 11.9. The van der Waals surface area contributed by atoms with Crippen LogP contribution in [-0.2, 0) is 22.1 Å². The van der Waals surface area contributed by atoms with Gasteiger partial charge in [0.05, 0.1) is 34.4 Å². The summed E-state index contributed by atoms with van der Waals surface area (Å²) in [6.07, 6.45) is 2.57. The molecule has 1 aliphatic heterocycles. The molecule has 1 amide bonds. The fourth-order valence-corrected chi connectivity index (χ4v) is 6.13. The summed E-state index contributed by atoms with van der Waals surface area (Å²) in [4.78, 5) is 27.7. The molecule has 0 saturated carbocycles. The van der Waals surface area contributed by atoms with Crippen LogP contribution in [0.3, 0.4) is 0 Å². The third kappa shape index (κ3) is 5.93. The molecule has 2 heterocycles. The van der Waals surface area contributed by atoms with Crippen LogP contribution in [0.4, 0.5) is 4.79 Å². The number of amides is 1. The number of likely N-dealkylation sites (tertiary alicyclic amines) is 1. The minimum Gasteiger partial charge on any atom is -0.497 e. The molecule has 9 heteroatoms. The molecule has 36 heavy (non-hydrogen) atoms. The van der Waals surface area contributed by atoms with E-state index in [1.807, 2.05) is 51.1 Å². The van der Waals surface area contributed by atoms with Crippen LogP contribution < -0.4 is 10.3 Å². The highest BCUT2D eigenvalue weighted by molar-refractivity contribution is 7.85. The van der Waals surface area contributed by atoms with E-state index < -0.39 is 16.4 Å². The number of benzene rings is 2. The molecule has 1 atom stereocenters. The summed E-state index contributed by atoms with van der Waals surface area (Å²) in [6, 6.07) is 12.8. The molecule has 1 unspecified atom stereocenters.